The van der Waals surface area contributed by atoms with Gasteiger partial charge in [0.1, 0.15) is 5.69 Å². The molecule has 4 rings (SSSR count). The largest absolute Gasteiger partial charge is 0.355 e. The third kappa shape index (κ3) is 5.63. The fourth-order valence-electron chi connectivity index (χ4n) is 4.21. The first kappa shape index (κ1) is 25.5. The molecule has 2 aromatic carbocycles. The van der Waals surface area contributed by atoms with Crippen molar-refractivity contribution in [3.8, 4) is 0 Å². The predicted molar refractivity (Wildman–Crippen MR) is 138 cm³/mol. The summed E-state index contributed by atoms with van der Waals surface area (Å²) in [5, 5.41) is 6.72. The lowest BCUT2D eigenvalue weighted by atomic mass is 9.98. The number of sulfonamides is 1. The number of benzene rings is 2. The van der Waals surface area contributed by atoms with Gasteiger partial charge in [-0.1, -0.05) is 53.2 Å². The number of hydrogen-bond acceptors (Lipinski definition) is 6. The van der Waals surface area contributed by atoms with Gasteiger partial charge in [0, 0.05) is 24.3 Å². The first-order valence-corrected chi connectivity index (χ1v) is 13.2. The van der Waals surface area contributed by atoms with Crippen LogP contribution in [0, 0.1) is 19.8 Å². The average Bonchev–Trinajstić information content (AvgIpc) is 3.25. The minimum Gasteiger partial charge on any atom is -0.355 e. The number of nitrogens with one attached hydrogen (secondary N) is 1. The van der Waals surface area contributed by atoms with Crippen LogP contribution in [0.25, 0.3) is 12.2 Å². The van der Waals surface area contributed by atoms with Crippen LogP contribution < -0.4 is 5.32 Å². The van der Waals surface area contributed by atoms with Gasteiger partial charge in [0.15, 0.2) is 16.4 Å². The number of carbonyl (C=O) groups is 2. The molecule has 0 aliphatic carbocycles. The summed E-state index contributed by atoms with van der Waals surface area (Å²) in [6.45, 7) is 5.40. The monoisotopic (exact) mass is 507 g/mol. The Hall–Kier alpha value is -3.56. The highest BCUT2D eigenvalue weighted by molar-refractivity contribution is 7.89. The van der Waals surface area contributed by atoms with Gasteiger partial charge in [-0.15, -0.1) is 0 Å². The van der Waals surface area contributed by atoms with Crippen molar-refractivity contribution in [2.45, 2.75) is 38.5 Å². The second-order valence-electron chi connectivity index (χ2n) is 9.03. The van der Waals surface area contributed by atoms with E-state index in [1.807, 2.05) is 31.2 Å². The van der Waals surface area contributed by atoms with Crippen molar-refractivity contribution >= 4 is 39.6 Å². The normalized spacial score (nSPS) is 16.8. The second-order valence-corrected chi connectivity index (χ2v) is 10.9. The zero-order chi connectivity index (χ0) is 25.9. The Morgan fingerprint density at radius 2 is 1.86 bits per heavy atom. The summed E-state index contributed by atoms with van der Waals surface area (Å²) in [4.78, 5) is 24.6. The molecular weight excluding hydrogens is 478 g/mol. The molecule has 188 valence electrons. The van der Waals surface area contributed by atoms with Gasteiger partial charge >= 0.3 is 0 Å². The summed E-state index contributed by atoms with van der Waals surface area (Å²) in [6, 6.07) is 14.5. The van der Waals surface area contributed by atoms with E-state index >= 15 is 0 Å². The van der Waals surface area contributed by atoms with Crippen LogP contribution in [0.2, 0.25) is 0 Å². The number of piperidine rings is 1. The van der Waals surface area contributed by atoms with Crippen molar-refractivity contribution in [3.05, 3.63) is 76.7 Å². The minimum absolute atomic E-state index is 0.0149. The maximum atomic E-state index is 13.6. The number of ketones is 1. The van der Waals surface area contributed by atoms with Gasteiger partial charge in [0.2, 0.25) is 15.9 Å². The second kappa shape index (κ2) is 10.6. The van der Waals surface area contributed by atoms with Crippen molar-refractivity contribution in [2.75, 3.05) is 18.4 Å². The van der Waals surface area contributed by atoms with Crippen LogP contribution in [0.4, 0.5) is 5.69 Å². The van der Waals surface area contributed by atoms with E-state index in [0.717, 1.165) is 11.1 Å². The summed E-state index contributed by atoms with van der Waals surface area (Å²) >= 11 is 0. The molecule has 1 amide bonds. The summed E-state index contributed by atoms with van der Waals surface area (Å²) in [5.41, 5.74) is 3.30. The Kier molecular flexibility index (Phi) is 7.51. The van der Waals surface area contributed by atoms with Crippen LogP contribution in [-0.4, -0.2) is 42.7 Å². The number of aromatic nitrogens is 1. The Morgan fingerprint density at radius 1 is 1.11 bits per heavy atom. The molecule has 1 N–H and O–H groups in total. The molecule has 1 atom stereocenters. The molecule has 0 unspecified atom stereocenters. The van der Waals surface area contributed by atoms with Gasteiger partial charge in [0.25, 0.3) is 0 Å². The van der Waals surface area contributed by atoms with Gasteiger partial charge in [-0.3, -0.25) is 9.59 Å². The Bertz CT molecular complexity index is 1410. The van der Waals surface area contributed by atoms with E-state index in [0.29, 0.717) is 30.6 Å². The lowest BCUT2D eigenvalue weighted by Gasteiger charge is -2.31. The smallest absolute Gasteiger partial charge is 0.248 e. The molecule has 1 aliphatic rings. The SMILES string of the molecule is CC(=O)c1cccc(NC(=O)[C@H]2CCCN(S(=O)(=O)c3c(C)noc3/C=C/c3ccc(C)cc3)C2)c1. The predicted octanol–water partition coefficient (Wildman–Crippen LogP) is 4.70. The molecule has 1 fully saturated rings. The van der Waals surface area contributed by atoms with E-state index in [-0.39, 0.29) is 34.6 Å². The average molecular weight is 508 g/mol. The first-order valence-electron chi connectivity index (χ1n) is 11.8. The summed E-state index contributed by atoms with van der Waals surface area (Å²) < 4.78 is 33.9. The fraction of sp³-hybridized carbons (Fsp3) is 0.296. The highest BCUT2D eigenvalue weighted by Gasteiger charge is 2.37. The molecule has 0 spiro atoms. The van der Waals surface area contributed by atoms with Gasteiger partial charge in [0.05, 0.1) is 5.92 Å². The van der Waals surface area contributed by atoms with Gasteiger partial charge < -0.3 is 9.84 Å². The number of rotatable bonds is 7. The van der Waals surface area contributed by atoms with Crippen LogP contribution in [0.3, 0.4) is 0 Å². The van der Waals surface area contributed by atoms with Crippen molar-refractivity contribution in [3.63, 3.8) is 0 Å². The summed E-state index contributed by atoms with van der Waals surface area (Å²) in [5.74, 6) is -0.753. The third-order valence-corrected chi connectivity index (χ3v) is 8.25. The molecule has 9 heteroatoms. The molecule has 0 saturated carbocycles. The highest BCUT2D eigenvalue weighted by atomic mass is 32.2. The highest BCUT2D eigenvalue weighted by Crippen LogP contribution is 2.30. The van der Waals surface area contributed by atoms with Crippen LogP contribution in [0.15, 0.2) is 57.9 Å². The molecule has 2 heterocycles. The van der Waals surface area contributed by atoms with E-state index in [9.17, 15) is 18.0 Å². The van der Waals surface area contributed by atoms with Gasteiger partial charge in [-0.05, 0) is 57.4 Å². The molecule has 1 aromatic heterocycles. The molecule has 1 saturated heterocycles. The van der Waals surface area contributed by atoms with Gasteiger partial charge in [-0.25, -0.2) is 8.42 Å². The molecule has 8 nitrogen and oxygen atoms in total. The quantitative estimate of drug-likeness (QED) is 0.464. The van der Waals surface area contributed by atoms with Gasteiger partial charge in [-0.2, -0.15) is 4.31 Å². The molecule has 0 bridgehead atoms. The van der Waals surface area contributed by atoms with Crippen LogP contribution in [0.1, 0.15) is 52.7 Å². The summed E-state index contributed by atoms with van der Waals surface area (Å²) in [7, 11) is -3.95. The Balaban J connectivity index is 1.52. The van der Waals surface area contributed by atoms with Crippen molar-refractivity contribution in [1.82, 2.24) is 9.46 Å². The molecule has 3 aromatic rings. The topological polar surface area (TPSA) is 110 Å². The molecular formula is C27H29N3O5S. The number of anilines is 1. The maximum Gasteiger partial charge on any atom is 0.248 e. The number of hydrogen-bond donors (Lipinski definition) is 1. The third-order valence-electron chi connectivity index (χ3n) is 6.23. The van der Waals surface area contributed by atoms with Crippen LogP contribution >= 0.6 is 0 Å². The lowest BCUT2D eigenvalue weighted by molar-refractivity contribution is -0.120. The maximum absolute atomic E-state index is 13.6. The van der Waals surface area contributed by atoms with E-state index in [2.05, 4.69) is 10.5 Å². The zero-order valence-corrected chi connectivity index (χ0v) is 21.3. The lowest BCUT2D eigenvalue weighted by Crippen LogP contribution is -2.43. The molecule has 0 radical (unpaired) electrons. The zero-order valence-electron chi connectivity index (χ0n) is 20.5. The van der Waals surface area contributed by atoms with E-state index in [1.54, 1.807) is 43.3 Å². The van der Waals surface area contributed by atoms with Crippen molar-refractivity contribution < 1.29 is 22.5 Å². The van der Waals surface area contributed by atoms with Crippen LogP contribution in [-0.2, 0) is 14.8 Å². The van der Waals surface area contributed by atoms with E-state index < -0.39 is 15.9 Å². The number of aryl methyl sites for hydroxylation is 2. The Labute approximate surface area is 211 Å². The van der Waals surface area contributed by atoms with E-state index in [1.165, 1.54) is 11.2 Å². The number of carbonyl (C=O) groups excluding carboxylic acids is 2. The van der Waals surface area contributed by atoms with Crippen molar-refractivity contribution in [2.24, 2.45) is 5.92 Å². The summed E-state index contributed by atoms with van der Waals surface area (Å²) in [6.07, 6.45) is 4.49. The van der Waals surface area contributed by atoms with Crippen LogP contribution in [0.5, 0.6) is 0 Å². The first-order chi connectivity index (χ1) is 17.1. The Morgan fingerprint density at radius 3 is 2.58 bits per heavy atom. The minimum atomic E-state index is -3.95. The fourth-order valence-corrected chi connectivity index (χ4v) is 5.99. The number of amides is 1. The molecule has 1 aliphatic heterocycles. The standard InChI is InChI=1S/C27H29N3O5S/c1-18-9-11-21(12-10-18)13-14-25-26(19(2)29-35-25)36(33,34)30-15-5-7-23(17-30)27(32)28-24-8-4-6-22(16-24)20(3)31/h4,6,8-14,16,23H,5,7,15,17H2,1-3H3,(H,28,32)/b14-13+/t23-/m0/s1. The molecule has 36 heavy (non-hydrogen) atoms. The number of Topliss-reactive ketones (excluding diaryl/α,β-unsaturated/α-hetero) is 1. The van der Waals surface area contributed by atoms with Crippen molar-refractivity contribution in [1.29, 1.82) is 0 Å². The number of nitrogens with zero attached hydrogens (tertiary/aromatic N) is 2. The van der Waals surface area contributed by atoms with E-state index in [4.69, 9.17) is 4.52 Å².